The fraction of sp³-hybridized carbons (Fsp3) is 0.361. The van der Waals surface area contributed by atoms with Gasteiger partial charge in [-0.1, -0.05) is 23.3 Å². The molecule has 4 aromatic rings. The van der Waals surface area contributed by atoms with Crippen LogP contribution in [0, 0.1) is 36.0 Å². The summed E-state index contributed by atoms with van der Waals surface area (Å²) in [5.74, 6) is -4.36. The minimum atomic E-state index is -1.39. The largest absolute Gasteiger partial charge is 0.507 e. The third-order valence-corrected chi connectivity index (χ3v) is 12.7. The first-order valence-corrected chi connectivity index (χ1v) is 17.2. The number of phenolic OH excluding ortho intramolecular Hbond substituents is 1. The van der Waals surface area contributed by atoms with Crippen LogP contribution in [0.1, 0.15) is 36.8 Å². The molecule has 2 N–H and O–H groups in total. The number of benzene rings is 2. The first-order chi connectivity index (χ1) is 23.4. The van der Waals surface area contributed by atoms with Crippen LogP contribution in [0.5, 0.6) is 17.2 Å². The summed E-state index contributed by atoms with van der Waals surface area (Å²) in [5, 5.41) is 20.4. The maximum Gasteiger partial charge on any atom is 0.242 e. The molecule has 0 radical (unpaired) electrons. The summed E-state index contributed by atoms with van der Waals surface area (Å²) in [5.41, 5.74) is 1.27. The number of aryl methyl sites for hydroxylation is 2. The summed E-state index contributed by atoms with van der Waals surface area (Å²) in [6.07, 6.45) is 2.39. The maximum absolute atomic E-state index is 15.0. The molecular weight excluding hydrogens is 668 g/mol. The lowest BCUT2D eigenvalue weighted by Gasteiger charge is -2.49. The second kappa shape index (κ2) is 10.9. The van der Waals surface area contributed by atoms with Crippen molar-refractivity contribution in [2.75, 3.05) is 19.1 Å². The van der Waals surface area contributed by atoms with Crippen LogP contribution < -0.4 is 19.7 Å². The van der Waals surface area contributed by atoms with E-state index in [4.69, 9.17) is 26.2 Å². The molecule has 4 aliphatic rings. The van der Waals surface area contributed by atoms with E-state index in [1.165, 1.54) is 29.9 Å². The lowest BCUT2D eigenvalue weighted by Crippen LogP contribution is -2.49. The molecule has 2 aliphatic carbocycles. The smallest absolute Gasteiger partial charge is 0.242 e. The average molecular weight is 701 g/mol. The summed E-state index contributed by atoms with van der Waals surface area (Å²) in [6.45, 7) is 3.75. The highest BCUT2D eigenvalue weighted by Gasteiger charge is 2.68. The summed E-state index contributed by atoms with van der Waals surface area (Å²) in [7, 11) is 4.62. The Balaban J connectivity index is 1.29. The number of anilines is 1. The van der Waals surface area contributed by atoms with Gasteiger partial charge in [-0.3, -0.25) is 29.2 Å². The fourth-order valence-corrected chi connectivity index (χ4v) is 10.1. The number of carbonyl (C=O) groups excluding carboxylic acids is 4. The van der Waals surface area contributed by atoms with Crippen molar-refractivity contribution in [3.63, 3.8) is 0 Å². The molecule has 0 unspecified atom stereocenters. The number of aromatic hydroxyl groups is 1. The zero-order valence-corrected chi connectivity index (χ0v) is 28.9. The second-order valence-corrected chi connectivity index (χ2v) is 15.0. The zero-order chi connectivity index (χ0) is 34.7. The van der Waals surface area contributed by atoms with Gasteiger partial charge in [-0.2, -0.15) is 5.10 Å². The Morgan fingerprint density at radius 1 is 1.06 bits per heavy atom. The van der Waals surface area contributed by atoms with Gasteiger partial charge in [0.1, 0.15) is 28.8 Å². The Hall–Kier alpha value is -4.68. The van der Waals surface area contributed by atoms with Crippen molar-refractivity contribution >= 4 is 62.5 Å². The van der Waals surface area contributed by atoms with E-state index in [1.807, 2.05) is 31.2 Å². The normalized spacial score (nSPS) is 27.6. The molecule has 11 nitrogen and oxygen atoms in total. The molecule has 3 fully saturated rings. The predicted molar refractivity (Wildman–Crippen MR) is 183 cm³/mol. The number of ether oxygens (including phenoxy) is 2. The third kappa shape index (κ3) is 4.29. The number of nitrogens with zero attached hydrogens (tertiary/aromatic N) is 3. The number of methoxy groups -OCH3 is 2. The van der Waals surface area contributed by atoms with Gasteiger partial charge in [0.15, 0.2) is 0 Å². The van der Waals surface area contributed by atoms with Crippen LogP contribution in [0.15, 0.2) is 48.0 Å². The number of aromatic nitrogens is 2. The fourth-order valence-electron chi connectivity index (χ4n) is 8.83. The van der Waals surface area contributed by atoms with Gasteiger partial charge in [-0.05, 0) is 61.8 Å². The number of amides is 4. The van der Waals surface area contributed by atoms with Crippen LogP contribution in [0.25, 0.3) is 20.7 Å². The number of halogens is 1. The van der Waals surface area contributed by atoms with E-state index in [1.54, 1.807) is 37.4 Å². The summed E-state index contributed by atoms with van der Waals surface area (Å²) >= 11 is 7.84. The Labute approximate surface area is 290 Å². The second-order valence-electron chi connectivity index (χ2n) is 13.5. The van der Waals surface area contributed by atoms with Crippen molar-refractivity contribution in [2.24, 2.45) is 36.1 Å². The van der Waals surface area contributed by atoms with Crippen molar-refractivity contribution in [3.05, 3.63) is 64.2 Å². The van der Waals surface area contributed by atoms with Crippen molar-refractivity contribution in [2.45, 2.75) is 32.6 Å². The Morgan fingerprint density at radius 2 is 1.84 bits per heavy atom. The van der Waals surface area contributed by atoms with Gasteiger partial charge >= 0.3 is 0 Å². The van der Waals surface area contributed by atoms with E-state index in [0.717, 1.165) is 26.1 Å². The van der Waals surface area contributed by atoms with Gasteiger partial charge in [-0.15, -0.1) is 11.3 Å². The minimum absolute atomic E-state index is 0.168. The first kappa shape index (κ1) is 31.6. The minimum Gasteiger partial charge on any atom is -0.507 e. The van der Waals surface area contributed by atoms with Gasteiger partial charge in [0.2, 0.25) is 23.6 Å². The average Bonchev–Trinajstić information content (AvgIpc) is 3.76. The number of rotatable bonds is 5. The number of thiophene rings is 1. The van der Waals surface area contributed by atoms with Crippen molar-refractivity contribution in [1.82, 2.24) is 15.1 Å². The van der Waals surface area contributed by atoms with E-state index in [-0.39, 0.29) is 29.7 Å². The SMILES string of the molecule is COc1cc(O)c([C@H]2C3=CC[C@@H]4C(=O)NC(=O)[C@@H]4[C@@H]3C[C@H]3C(=O)N(c4cc(-c5sc6ccc(Cl)cc6c5C)nn4C)C(=O)[C@@]23C)c(OC)c1. The van der Waals surface area contributed by atoms with Crippen molar-refractivity contribution < 1.29 is 33.8 Å². The topological polar surface area (TPSA) is 140 Å². The highest BCUT2D eigenvalue weighted by atomic mass is 35.5. The van der Waals surface area contributed by atoms with Crippen molar-refractivity contribution in [1.29, 1.82) is 0 Å². The van der Waals surface area contributed by atoms with E-state index in [9.17, 15) is 24.3 Å². The van der Waals surface area contributed by atoms with E-state index in [0.29, 0.717) is 34.3 Å². The van der Waals surface area contributed by atoms with Gasteiger partial charge in [0, 0.05) is 46.5 Å². The summed E-state index contributed by atoms with van der Waals surface area (Å²) in [6, 6.07) is 10.5. The zero-order valence-electron chi connectivity index (χ0n) is 27.4. The number of allylic oxidation sites excluding steroid dienone is 2. The molecule has 13 heteroatoms. The molecular formula is C36H33ClN4O7S. The molecule has 6 atom stereocenters. The van der Waals surface area contributed by atoms with Crippen LogP contribution in [0.2, 0.25) is 5.02 Å². The number of fused-ring (bicyclic) bond motifs is 5. The first-order valence-electron chi connectivity index (χ1n) is 16.0. The van der Waals surface area contributed by atoms with Crippen LogP contribution in [0.4, 0.5) is 5.82 Å². The van der Waals surface area contributed by atoms with Crippen LogP contribution in [-0.2, 0) is 26.2 Å². The Morgan fingerprint density at radius 3 is 2.57 bits per heavy atom. The molecule has 4 heterocycles. The maximum atomic E-state index is 15.0. The molecule has 49 heavy (non-hydrogen) atoms. The van der Waals surface area contributed by atoms with E-state index in [2.05, 4.69) is 5.32 Å². The molecule has 2 aliphatic heterocycles. The van der Waals surface area contributed by atoms with Crippen molar-refractivity contribution in [3.8, 4) is 27.8 Å². The lowest BCUT2D eigenvalue weighted by molar-refractivity contribution is -0.131. The third-order valence-electron chi connectivity index (χ3n) is 11.2. The monoisotopic (exact) mass is 700 g/mol. The number of nitrogens with one attached hydrogen (secondary N) is 1. The number of hydrogen-bond acceptors (Lipinski definition) is 9. The standard InChI is InChI=1S/C36H33ClN4O7S/c1-15-20-10-16(37)6-9-26(20)49-31(15)23-14-27(40(3)39-23)41-34(45)22-13-21-18(7-8-19-28(21)33(44)38-32(19)43)30(36(22,2)35(41)46)29-24(42)11-17(47-4)12-25(29)48-5/h6-7,9-12,14,19,21-22,28,30,42H,8,13H2,1-5H3,(H,38,43,44)/t19-,21+,22-,28-,30+,36+/m0/s1. The highest BCUT2D eigenvalue weighted by molar-refractivity contribution is 7.22. The summed E-state index contributed by atoms with van der Waals surface area (Å²) in [4.78, 5) is 57.8. The van der Waals surface area contributed by atoms with Crippen LogP contribution in [-0.4, -0.2) is 52.7 Å². The molecule has 252 valence electrons. The molecule has 8 rings (SSSR count). The number of carbonyl (C=O) groups is 4. The molecule has 1 saturated carbocycles. The van der Waals surface area contributed by atoms with Gasteiger partial charge < -0.3 is 14.6 Å². The Kier molecular flexibility index (Phi) is 7.03. The van der Waals surface area contributed by atoms with Crippen LogP contribution in [0.3, 0.4) is 0 Å². The molecule has 2 aromatic carbocycles. The van der Waals surface area contributed by atoms with E-state index >= 15 is 0 Å². The van der Waals surface area contributed by atoms with Gasteiger partial charge in [-0.25, -0.2) is 4.90 Å². The predicted octanol–water partition coefficient (Wildman–Crippen LogP) is 5.50. The highest BCUT2D eigenvalue weighted by Crippen LogP contribution is 2.65. The molecule has 0 spiro atoms. The van der Waals surface area contributed by atoms with Gasteiger partial charge in [0.05, 0.1) is 42.3 Å². The molecule has 2 saturated heterocycles. The Bertz CT molecular complexity index is 2190. The molecule has 0 bridgehead atoms. The molecule has 4 amide bonds. The number of phenols is 1. The quantitative estimate of drug-likeness (QED) is 0.205. The van der Waals surface area contributed by atoms with Crippen LogP contribution >= 0.6 is 22.9 Å². The number of imide groups is 2. The van der Waals surface area contributed by atoms with Gasteiger partial charge in [0.25, 0.3) is 0 Å². The number of hydrogen-bond donors (Lipinski definition) is 2. The lowest BCUT2D eigenvalue weighted by atomic mass is 9.51. The van der Waals surface area contributed by atoms with E-state index < -0.39 is 46.8 Å². The molecule has 2 aromatic heterocycles. The summed E-state index contributed by atoms with van der Waals surface area (Å²) < 4.78 is 13.7.